The molecule has 2 aliphatic heterocycles. The van der Waals surface area contributed by atoms with Gasteiger partial charge in [-0.05, 0) is 43.4 Å². The van der Waals surface area contributed by atoms with Crippen LogP contribution in [-0.4, -0.2) is 41.9 Å². The fourth-order valence-electron chi connectivity index (χ4n) is 3.42. The molecule has 0 radical (unpaired) electrons. The number of rotatable bonds is 2. The molecule has 3 rings (SSSR count). The molecule has 1 amide bonds. The lowest BCUT2D eigenvalue weighted by atomic mass is 9.78. The van der Waals surface area contributed by atoms with Gasteiger partial charge >= 0.3 is 0 Å². The van der Waals surface area contributed by atoms with Crippen molar-refractivity contribution in [3.05, 3.63) is 38.9 Å². The van der Waals surface area contributed by atoms with Crippen LogP contribution in [0.25, 0.3) is 0 Å². The second kappa shape index (κ2) is 7.03. The van der Waals surface area contributed by atoms with E-state index in [4.69, 9.17) is 11.6 Å². The van der Waals surface area contributed by atoms with Crippen molar-refractivity contribution < 1.29 is 9.72 Å². The Morgan fingerprint density at radius 3 is 2.57 bits per heavy atom. The SMILES string of the molecule is Cl.O=C(c1cc(Cl)ccc1[N+](=O)[O-])N1CCC2(CCNC2)CC1. The molecular weight excluding hydrogens is 341 g/mol. The number of nitrogens with zero attached hydrogens (tertiary/aromatic N) is 2. The van der Waals surface area contributed by atoms with Gasteiger partial charge < -0.3 is 10.2 Å². The average Bonchev–Trinajstić information content (AvgIpc) is 2.95. The molecule has 0 saturated carbocycles. The van der Waals surface area contributed by atoms with E-state index in [1.807, 2.05) is 0 Å². The van der Waals surface area contributed by atoms with Gasteiger partial charge in [0, 0.05) is 30.7 Å². The smallest absolute Gasteiger partial charge is 0.282 e. The van der Waals surface area contributed by atoms with E-state index in [0.29, 0.717) is 23.5 Å². The first-order valence-corrected chi connectivity index (χ1v) is 7.83. The van der Waals surface area contributed by atoms with Gasteiger partial charge in [-0.2, -0.15) is 0 Å². The molecule has 0 atom stereocenters. The molecule has 2 saturated heterocycles. The summed E-state index contributed by atoms with van der Waals surface area (Å²) in [5, 5.41) is 14.8. The third-order valence-electron chi connectivity index (χ3n) is 4.83. The van der Waals surface area contributed by atoms with Crippen LogP contribution in [0.2, 0.25) is 5.02 Å². The number of hydrogen-bond acceptors (Lipinski definition) is 4. The van der Waals surface area contributed by atoms with Crippen LogP contribution in [0.15, 0.2) is 18.2 Å². The van der Waals surface area contributed by atoms with Gasteiger partial charge in [0.25, 0.3) is 11.6 Å². The molecule has 126 valence electrons. The first-order valence-electron chi connectivity index (χ1n) is 7.45. The first kappa shape index (κ1) is 18.0. The third-order valence-corrected chi connectivity index (χ3v) is 5.06. The molecule has 2 aliphatic rings. The van der Waals surface area contributed by atoms with Crippen molar-refractivity contribution in [1.82, 2.24) is 10.2 Å². The van der Waals surface area contributed by atoms with Gasteiger partial charge in [-0.25, -0.2) is 0 Å². The molecule has 1 aromatic carbocycles. The van der Waals surface area contributed by atoms with Gasteiger partial charge in [0.15, 0.2) is 0 Å². The van der Waals surface area contributed by atoms with Crippen molar-refractivity contribution in [2.45, 2.75) is 19.3 Å². The highest BCUT2D eigenvalue weighted by Crippen LogP contribution is 2.37. The van der Waals surface area contributed by atoms with Crippen LogP contribution in [-0.2, 0) is 0 Å². The van der Waals surface area contributed by atoms with Crippen LogP contribution in [0.3, 0.4) is 0 Å². The molecule has 1 N–H and O–H groups in total. The van der Waals surface area contributed by atoms with Gasteiger partial charge in [0.2, 0.25) is 0 Å². The largest absolute Gasteiger partial charge is 0.338 e. The zero-order valence-electron chi connectivity index (χ0n) is 12.6. The standard InChI is InChI=1S/C15H18ClN3O3.ClH/c16-11-1-2-13(19(21)22)12(9-11)14(20)18-7-4-15(5-8-18)3-6-17-10-15;/h1-2,9,17H,3-8,10H2;1H. The number of benzene rings is 1. The summed E-state index contributed by atoms with van der Waals surface area (Å²) in [4.78, 5) is 24.9. The fraction of sp³-hybridized carbons (Fsp3) is 0.533. The number of carbonyl (C=O) groups excluding carboxylic acids is 1. The molecule has 0 bridgehead atoms. The molecule has 8 heteroatoms. The number of likely N-dealkylation sites (tertiary alicyclic amines) is 1. The Labute approximate surface area is 145 Å². The number of piperidine rings is 1. The van der Waals surface area contributed by atoms with Gasteiger partial charge in [0.05, 0.1) is 4.92 Å². The summed E-state index contributed by atoms with van der Waals surface area (Å²) in [6.07, 6.45) is 3.03. The lowest BCUT2D eigenvalue weighted by Crippen LogP contribution is -2.44. The lowest BCUT2D eigenvalue weighted by Gasteiger charge is -2.38. The van der Waals surface area contributed by atoms with Crippen molar-refractivity contribution in [2.75, 3.05) is 26.2 Å². The van der Waals surface area contributed by atoms with Gasteiger partial charge in [-0.15, -0.1) is 12.4 Å². The summed E-state index contributed by atoms with van der Waals surface area (Å²) in [6.45, 7) is 3.33. The zero-order valence-corrected chi connectivity index (χ0v) is 14.2. The van der Waals surface area contributed by atoms with Crippen LogP contribution in [0.1, 0.15) is 29.6 Å². The number of nitrogens with one attached hydrogen (secondary N) is 1. The van der Waals surface area contributed by atoms with Crippen LogP contribution in [0.5, 0.6) is 0 Å². The second-order valence-electron chi connectivity index (χ2n) is 6.14. The highest BCUT2D eigenvalue weighted by Gasteiger charge is 2.39. The van der Waals surface area contributed by atoms with Crippen molar-refractivity contribution in [2.24, 2.45) is 5.41 Å². The lowest BCUT2D eigenvalue weighted by molar-refractivity contribution is -0.385. The highest BCUT2D eigenvalue weighted by atomic mass is 35.5. The topological polar surface area (TPSA) is 75.5 Å². The van der Waals surface area contributed by atoms with Crippen LogP contribution < -0.4 is 5.32 Å². The predicted molar refractivity (Wildman–Crippen MR) is 90.4 cm³/mol. The highest BCUT2D eigenvalue weighted by molar-refractivity contribution is 6.31. The maximum atomic E-state index is 12.6. The van der Waals surface area contributed by atoms with Crippen LogP contribution in [0, 0.1) is 15.5 Å². The molecular formula is C15H19Cl2N3O3. The quantitative estimate of drug-likeness (QED) is 0.650. The third kappa shape index (κ3) is 3.59. The number of halogens is 2. The Morgan fingerprint density at radius 2 is 2.00 bits per heavy atom. The summed E-state index contributed by atoms with van der Waals surface area (Å²) in [7, 11) is 0. The molecule has 0 aliphatic carbocycles. The number of amides is 1. The van der Waals surface area contributed by atoms with E-state index in [1.54, 1.807) is 4.90 Å². The minimum absolute atomic E-state index is 0. The van der Waals surface area contributed by atoms with E-state index < -0.39 is 4.92 Å². The Bertz CT molecular complexity index is 608. The molecule has 2 heterocycles. The molecule has 1 aromatic rings. The predicted octanol–water partition coefficient (Wildman–Crippen LogP) is 2.89. The van der Waals surface area contributed by atoms with Crippen LogP contribution >= 0.6 is 24.0 Å². The monoisotopic (exact) mass is 359 g/mol. The average molecular weight is 360 g/mol. The van der Waals surface area contributed by atoms with Gasteiger partial charge in [-0.3, -0.25) is 14.9 Å². The Kier molecular flexibility index (Phi) is 5.49. The maximum absolute atomic E-state index is 12.6. The van der Waals surface area contributed by atoms with Crippen molar-refractivity contribution >= 4 is 35.6 Å². The van der Waals surface area contributed by atoms with E-state index >= 15 is 0 Å². The fourth-order valence-corrected chi connectivity index (χ4v) is 3.59. The van der Waals surface area contributed by atoms with E-state index in [0.717, 1.165) is 32.4 Å². The van der Waals surface area contributed by atoms with Crippen molar-refractivity contribution in [3.63, 3.8) is 0 Å². The Hall–Kier alpha value is -1.37. The summed E-state index contributed by atoms with van der Waals surface area (Å²) < 4.78 is 0. The molecule has 0 unspecified atom stereocenters. The van der Waals surface area contributed by atoms with Crippen molar-refractivity contribution in [3.8, 4) is 0 Å². The van der Waals surface area contributed by atoms with E-state index in [1.165, 1.54) is 18.2 Å². The number of hydrogen-bond donors (Lipinski definition) is 1. The summed E-state index contributed by atoms with van der Waals surface area (Å²) in [6, 6.07) is 4.12. The van der Waals surface area contributed by atoms with Gasteiger partial charge in [-0.1, -0.05) is 11.6 Å². The molecule has 23 heavy (non-hydrogen) atoms. The number of carbonyl (C=O) groups is 1. The van der Waals surface area contributed by atoms with E-state index in [2.05, 4.69) is 5.32 Å². The number of nitro benzene ring substituents is 1. The Balaban J connectivity index is 0.00000192. The second-order valence-corrected chi connectivity index (χ2v) is 6.57. The first-order chi connectivity index (χ1) is 10.5. The number of nitro groups is 1. The zero-order chi connectivity index (χ0) is 15.7. The molecule has 1 spiro atoms. The van der Waals surface area contributed by atoms with Crippen molar-refractivity contribution in [1.29, 1.82) is 0 Å². The molecule has 6 nitrogen and oxygen atoms in total. The minimum Gasteiger partial charge on any atom is -0.338 e. The summed E-state index contributed by atoms with van der Waals surface area (Å²) in [5.74, 6) is -0.296. The van der Waals surface area contributed by atoms with Gasteiger partial charge in [0.1, 0.15) is 5.56 Å². The normalized spacial score (nSPS) is 19.4. The molecule has 2 fully saturated rings. The van der Waals surface area contributed by atoms with E-state index in [-0.39, 0.29) is 29.6 Å². The summed E-state index contributed by atoms with van der Waals surface area (Å²) >= 11 is 5.90. The Morgan fingerprint density at radius 1 is 1.30 bits per heavy atom. The molecule has 0 aromatic heterocycles. The minimum atomic E-state index is -0.532. The van der Waals surface area contributed by atoms with Crippen LogP contribution in [0.4, 0.5) is 5.69 Å². The maximum Gasteiger partial charge on any atom is 0.282 e. The summed E-state index contributed by atoms with van der Waals surface area (Å²) in [5.41, 5.74) is 0.201. The van der Waals surface area contributed by atoms with E-state index in [9.17, 15) is 14.9 Å².